The van der Waals surface area contributed by atoms with E-state index >= 15 is 0 Å². The number of rotatable bonds is 6. The summed E-state index contributed by atoms with van der Waals surface area (Å²) in [7, 11) is 0. The number of hydrogen-bond donors (Lipinski definition) is 1. The highest BCUT2D eigenvalue weighted by atomic mass is 32.1. The summed E-state index contributed by atoms with van der Waals surface area (Å²) < 4.78 is 6.30. The van der Waals surface area contributed by atoms with Gasteiger partial charge in [-0.3, -0.25) is 14.5 Å². The number of carboxylic acids is 1. The summed E-state index contributed by atoms with van der Waals surface area (Å²) in [4.78, 5) is 38.6. The van der Waals surface area contributed by atoms with Crippen molar-refractivity contribution in [3.63, 3.8) is 0 Å². The van der Waals surface area contributed by atoms with E-state index in [0.717, 1.165) is 67.5 Å². The van der Waals surface area contributed by atoms with Crippen molar-refractivity contribution < 1.29 is 19.1 Å². The molecule has 3 aliphatic rings. The van der Waals surface area contributed by atoms with Crippen molar-refractivity contribution in [1.82, 2.24) is 19.8 Å². The highest BCUT2D eigenvalue weighted by molar-refractivity contribution is 7.15. The molecule has 2 aromatic heterocycles. The van der Waals surface area contributed by atoms with E-state index in [9.17, 15) is 20.0 Å². The fourth-order valence-electron chi connectivity index (χ4n) is 7.85. The number of oxazole rings is 1. The van der Waals surface area contributed by atoms with Gasteiger partial charge in [-0.25, -0.2) is 9.97 Å². The van der Waals surface area contributed by atoms with Crippen molar-refractivity contribution in [2.75, 3.05) is 6.54 Å². The number of aromatic nitrogens is 2. The Bertz CT molecular complexity index is 2140. The fourth-order valence-corrected chi connectivity index (χ4v) is 9.02. The summed E-state index contributed by atoms with van der Waals surface area (Å²) in [5.74, 6) is -0.202. The lowest BCUT2D eigenvalue weighted by Crippen LogP contribution is -2.37. The first-order chi connectivity index (χ1) is 22.7. The average molecular weight is 644 g/mol. The number of fused-ring (bicyclic) bond motifs is 4. The Morgan fingerprint density at radius 3 is 2.40 bits per heavy atom. The fraction of sp³-hybridized carbons (Fsp3) is 0.324. The third-order valence-electron chi connectivity index (χ3n) is 10.3. The normalized spacial score (nSPS) is 20.2. The van der Waals surface area contributed by atoms with Gasteiger partial charge in [-0.05, 0) is 78.6 Å². The molecule has 5 aromatic rings. The Morgan fingerprint density at radius 1 is 1.02 bits per heavy atom. The van der Waals surface area contributed by atoms with E-state index < -0.39 is 5.97 Å². The number of amides is 1. The third-order valence-corrected chi connectivity index (χ3v) is 11.5. The molecule has 1 amide bonds. The van der Waals surface area contributed by atoms with E-state index in [1.165, 1.54) is 0 Å². The number of nitriles is 1. The molecule has 47 heavy (non-hydrogen) atoms. The molecule has 2 fully saturated rings. The smallest absolute Gasteiger partial charge is 0.306 e. The molecule has 1 N–H and O–H groups in total. The van der Waals surface area contributed by atoms with Crippen LogP contribution in [0.2, 0.25) is 0 Å². The zero-order valence-corrected chi connectivity index (χ0v) is 27.2. The number of benzene rings is 3. The first-order valence-corrected chi connectivity index (χ1v) is 16.7. The van der Waals surface area contributed by atoms with E-state index in [-0.39, 0.29) is 23.8 Å². The molecule has 1 saturated heterocycles. The zero-order chi connectivity index (χ0) is 32.6. The van der Waals surface area contributed by atoms with Crippen LogP contribution in [-0.4, -0.2) is 49.3 Å². The van der Waals surface area contributed by atoms with E-state index in [1.54, 1.807) is 18.3 Å². The Labute approximate surface area is 276 Å². The molecule has 1 saturated carbocycles. The molecule has 2 aliphatic heterocycles. The van der Waals surface area contributed by atoms with Gasteiger partial charge in [-0.15, -0.1) is 11.3 Å². The molecule has 3 aromatic carbocycles. The molecule has 10 heteroatoms. The standard InChI is InChI=1S/C37H33N5O4S/c1-19-26(27-7-5-9-29(20(27)2)36-40-32-17-41(21(3)43)18-33(32)47-36)6-4-8-28(19)35-39-31-11-22(10-23(14-38)34(31)46-35)15-42-16-24-12-25(42)13-30(24)37(44)45/h4-11,24-25,30H,12-13,15-18H2,1-3H3,(H,44,45). The van der Waals surface area contributed by atoms with Crippen LogP contribution in [0.3, 0.4) is 0 Å². The predicted molar refractivity (Wildman–Crippen MR) is 178 cm³/mol. The molecule has 0 spiro atoms. The van der Waals surface area contributed by atoms with E-state index in [1.807, 2.05) is 29.2 Å². The van der Waals surface area contributed by atoms with Crippen LogP contribution in [-0.2, 0) is 29.2 Å². The summed E-state index contributed by atoms with van der Waals surface area (Å²) >= 11 is 1.66. The molecule has 3 unspecified atom stereocenters. The van der Waals surface area contributed by atoms with Gasteiger partial charge >= 0.3 is 5.97 Å². The van der Waals surface area contributed by atoms with E-state index in [2.05, 4.69) is 49.1 Å². The SMILES string of the molecule is CC(=O)N1Cc2nc(-c3cccc(-c4cccc(-c5nc6cc(CN7CC8CC7CC8C(=O)O)cc(C#N)c6o5)c4C)c3C)sc2C1. The maximum Gasteiger partial charge on any atom is 0.306 e. The van der Waals surface area contributed by atoms with Gasteiger partial charge in [0.05, 0.1) is 30.3 Å². The topological polar surface area (TPSA) is 124 Å². The van der Waals surface area contributed by atoms with Crippen molar-refractivity contribution in [1.29, 1.82) is 5.26 Å². The Kier molecular flexibility index (Phi) is 7.01. The number of piperidine rings is 1. The lowest BCUT2D eigenvalue weighted by atomic mass is 9.91. The van der Waals surface area contributed by atoms with Gasteiger partial charge in [0.1, 0.15) is 16.6 Å². The summed E-state index contributed by atoms with van der Waals surface area (Å²) in [5, 5.41) is 20.5. The monoisotopic (exact) mass is 643 g/mol. The van der Waals surface area contributed by atoms with Gasteiger partial charge in [0, 0.05) is 42.1 Å². The van der Waals surface area contributed by atoms with Gasteiger partial charge in [0.15, 0.2) is 5.58 Å². The number of carboxylic acid groups (broad SMARTS) is 1. The maximum atomic E-state index is 11.9. The van der Waals surface area contributed by atoms with E-state index in [4.69, 9.17) is 14.4 Å². The number of carbonyl (C=O) groups excluding carboxylic acids is 1. The number of nitrogens with zero attached hydrogens (tertiary/aromatic N) is 5. The maximum absolute atomic E-state index is 11.9. The zero-order valence-electron chi connectivity index (χ0n) is 26.4. The minimum absolute atomic E-state index is 0.0690. The Balaban J connectivity index is 1.10. The number of aliphatic carboxylic acids is 1. The van der Waals surface area contributed by atoms with Gasteiger partial charge in [0.2, 0.25) is 11.8 Å². The minimum Gasteiger partial charge on any atom is -0.481 e. The van der Waals surface area contributed by atoms with Crippen LogP contribution >= 0.6 is 11.3 Å². The second-order valence-corrected chi connectivity index (χ2v) is 14.2. The first-order valence-electron chi connectivity index (χ1n) is 15.9. The van der Waals surface area contributed by atoms with Crippen molar-refractivity contribution in [3.05, 3.63) is 81.4 Å². The highest BCUT2D eigenvalue weighted by Crippen LogP contribution is 2.44. The van der Waals surface area contributed by atoms with Crippen LogP contribution in [0.4, 0.5) is 0 Å². The van der Waals surface area contributed by atoms with Crippen LogP contribution in [0.5, 0.6) is 0 Å². The first kappa shape index (κ1) is 29.5. The molecule has 1 aliphatic carbocycles. The molecule has 3 atom stereocenters. The average Bonchev–Trinajstić information content (AvgIpc) is 3.87. The summed E-state index contributed by atoms with van der Waals surface area (Å²) in [6, 6.07) is 18.9. The van der Waals surface area contributed by atoms with Crippen molar-refractivity contribution >= 4 is 34.3 Å². The molecule has 2 bridgehead atoms. The number of carbonyl (C=O) groups is 2. The van der Waals surface area contributed by atoms with Gasteiger partial charge in [-0.2, -0.15) is 5.26 Å². The second kappa shape index (κ2) is 11.1. The van der Waals surface area contributed by atoms with Gasteiger partial charge < -0.3 is 14.4 Å². The van der Waals surface area contributed by atoms with E-state index in [0.29, 0.717) is 48.6 Å². The Morgan fingerprint density at radius 2 is 1.74 bits per heavy atom. The molecule has 0 radical (unpaired) electrons. The van der Waals surface area contributed by atoms with Crippen LogP contribution in [0, 0.1) is 37.0 Å². The van der Waals surface area contributed by atoms with Crippen LogP contribution < -0.4 is 0 Å². The Hall–Kier alpha value is -4.85. The molecule has 9 nitrogen and oxygen atoms in total. The van der Waals surface area contributed by atoms with Crippen LogP contribution in [0.1, 0.15) is 52.6 Å². The largest absolute Gasteiger partial charge is 0.481 e. The number of thiazole rings is 1. The van der Waals surface area contributed by atoms with Gasteiger partial charge in [-0.1, -0.05) is 30.3 Å². The second-order valence-electron chi connectivity index (χ2n) is 13.1. The molecular weight excluding hydrogens is 611 g/mol. The van der Waals surface area contributed by atoms with Crippen molar-refractivity contribution in [2.45, 2.75) is 59.3 Å². The molecular formula is C37H33N5O4S. The van der Waals surface area contributed by atoms with Crippen molar-refractivity contribution in [3.8, 4) is 39.2 Å². The summed E-state index contributed by atoms with van der Waals surface area (Å²) in [6.45, 7) is 8.40. The predicted octanol–water partition coefficient (Wildman–Crippen LogP) is 6.93. The highest BCUT2D eigenvalue weighted by Gasteiger charge is 2.47. The van der Waals surface area contributed by atoms with Crippen LogP contribution in [0.25, 0.3) is 44.3 Å². The third kappa shape index (κ3) is 4.93. The number of hydrogen-bond acceptors (Lipinski definition) is 8. The van der Waals surface area contributed by atoms with Gasteiger partial charge in [0.25, 0.3) is 0 Å². The quantitative estimate of drug-likeness (QED) is 0.211. The molecule has 236 valence electrons. The lowest BCUT2D eigenvalue weighted by molar-refractivity contribution is -0.144. The summed E-state index contributed by atoms with van der Waals surface area (Å²) in [5.41, 5.74) is 9.80. The lowest BCUT2D eigenvalue weighted by Gasteiger charge is -2.29. The minimum atomic E-state index is -0.687. The van der Waals surface area contributed by atoms with Crippen molar-refractivity contribution in [2.24, 2.45) is 11.8 Å². The number of likely N-dealkylation sites (tertiary alicyclic amines) is 1. The molecule has 4 heterocycles. The summed E-state index contributed by atoms with van der Waals surface area (Å²) in [6.07, 6.45) is 1.60. The molecule has 8 rings (SSSR count). The van der Waals surface area contributed by atoms with Crippen LogP contribution in [0.15, 0.2) is 52.9 Å².